The van der Waals surface area contributed by atoms with Crippen molar-refractivity contribution >= 4 is 42.8 Å². The molecule has 0 aliphatic carbocycles. The number of hydrogen-bond acceptors (Lipinski definition) is 3. The van der Waals surface area contributed by atoms with Crippen LogP contribution in [-0.2, 0) is 0 Å². The van der Waals surface area contributed by atoms with E-state index in [1.807, 2.05) is 18.2 Å². The average molecular weight is 296 g/mol. The molecule has 0 radical (unpaired) electrons. The van der Waals surface area contributed by atoms with Crippen LogP contribution in [0.1, 0.15) is 16.5 Å². The normalized spacial score (nSPS) is 13.1. The summed E-state index contributed by atoms with van der Waals surface area (Å²) in [6, 6.07) is 18.6. The molecule has 1 N–H and O–H groups in total. The van der Waals surface area contributed by atoms with Crippen molar-refractivity contribution in [2.24, 2.45) is 0 Å². The van der Waals surface area contributed by atoms with E-state index in [0.717, 1.165) is 10.4 Å². The van der Waals surface area contributed by atoms with Crippen LogP contribution in [0.5, 0.6) is 0 Å². The molecule has 1 atom stereocenters. The molecular formula is C17H12OS2. The molecular weight excluding hydrogens is 284 g/mol. The lowest BCUT2D eigenvalue weighted by Gasteiger charge is -2.10. The van der Waals surface area contributed by atoms with E-state index in [0.29, 0.717) is 0 Å². The fraction of sp³-hybridized carbons (Fsp3) is 0.0588. The summed E-state index contributed by atoms with van der Waals surface area (Å²) >= 11 is 3.40. The summed E-state index contributed by atoms with van der Waals surface area (Å²) in [5.41, 5.74) is 0.956. The van der Waals surface area contributed by atoms with Gasteiger partial charge in [0, 0.05) is 14.3 Å². The van der Waals surface area contributed by atoms with E-state index < -0.39 is 6.10 Å². The average Bonchev–Trinajstić information content (AvgIpc) is 3.07. The molecule has 0 fully saturated rings. The van der Waals surface area contributed by atoms with E-state index in [9.17, 15) is 5.11 Å². The summed E-state index contributed by atoms with van der Waals surface area (Å²) in [6.07, 6.45) is -0.538. The van der Waals surface area contributed by atoms with Gasteiger partial charge in [-0.15, -0.1) is 22.7 Å². The summed E-state index contributed by atoms with van der Waals surface area (Å²) in [7, 11) is 0. The Morgan fingerprint density at radius 3 is 2.55 bits per heavy atom. The van der Waals surface area contributed by atoms with Gasteiger partial charge in [-0.25, -0.2) is 0 Å². The van der Waals surface area contributed by atoms with Gasteiger partial charge in [-0.1, -0.05) is 36.4 Å². The van der Waals surface area contributed by atoms with Crippen molar-refractivity contribution in [3.05, 3.63) is 70.4 Å². The third-order valence-corrected chi connectivity index (χ3v) is 5.66. The summed E-state index contributed by atoms with van der Waals surface area (Å²) < 4.78 is 2.51. The molecule has 4 aromatic rings. The van der Waals surface area contributed by atoms with E-state index in [1.165, 1.54) is 20.2 Å². The lowest BCUT2D eigenvalue weighted by molar-refractivity contribution is 0.224. The van der Waals surface area contributed by atoms with Gasteiger partial charge in [0.05, 0.1) is 0 Å². The number of thiophene rings is 2. The van der Waals surface area contributed by atoms with Crippen molar-refractivity contribution in [3.8, 4) is 0 Å². The number of hydrogen-bond donors (Lipinski definition) is 1. The van der Waals surface area contributed by atoms with E-state index in [-0.39, 0.29) is 0 Å². The maximum atomic E-state index is 10.6. The first-order valence-electron chi connectivity index (χ1n) is 6.45. The van der Waals surface area contributed by atoms with Gasteiger partial charge in [-0.05, 0) is 39.9 Å². The quantitative estimate of drug-likeness (QED) is 0.539. The Labute approximate surface area is 124 Å². The van der Waals surface area contributed by atoms with E-state index >= 15 is 0 Å². The van der Waals surface area contributed by atoms with Crippen molar-refractivity contribution in [2.45, 2.75) is 6.10 Å². The molecule has 20 heavy (non-hydrogen) atoms. The van der Waals surface area contributed by atoms with Crippen LogP contribution in [0.15, 0.2) is 60.0 Å². The summed E-state index contributed by atoms with van der Waals surface area (Å²) in [5, 5.41) is 15.0. The van der Waals surface area contributed by atoms with Crippen molar-refractivity contribution < 1.29 is 5.11 Å². The smallest absolute Gasteiger partial charge is 0.113 e. The highest BCUT2D eigenvalue weighted by Crippen LogP contribution is 2.36. The van der Waals surface area contributed by atoms with Gasteiger partial charge >= 0.3 is 0 Å². The Morgan fingerprint density at radius 1 is 0.850 bits per heavy atom. The van der Waals surface area contributed by atoms with Gasteiger partial charge in [0.2, 0.25) is 0 Å². The predicted octanol–water partition coefficient (Wildman–Crippen LogP) is 5.20. The molecule has 2 heterocycles. The van der Waals surface area contributed by atoms with Gasteiger partial charge < -0.3 is 5.11 Å². The minimum absolute atomic E-state index is 0.538. The second-order valence-corrected chi connectivity index (χ2v) is 6.87. The molecule has 3 heteroatoms. The van der Waals surface area contributed by atoms with E-state index in [2.05, 4.69) is 41.8 Å². The SMILES string of the molecule is OC(c1ccc2ccccc2c1)c1cc2sccc2s1. The first-order valence-corrected chi connectivity index (χ1v) is 8.14. The molecule has 0 amide bonds. The number of aliphatic hydroxyl groups is 1. The zero-order valence-corrected chi connectivity index (χ0v) is 12.2. The Balaban J connectivity index is 1.79. The molecule has 4 rings (SSSR count). The highest BCUT2D eigenvalue weighted by molar-refractivity contribution is 7.26. The maximum absolute atomic E-state index is 10.6. The van der Waals surface area contributed by atoms with Crippen molar-refractivity contribution in [1.29, 1.82) is 0 Å². The third kappa shape index (κ3) is 1.95. The minimum Gasteiger partial charge on any atom is -0.383 e. The van der Waals surface area contributed by atoms with Crippen molar-refractivity contribution in [3.63, 3.8) is 0 Å². The van der Waals surface area contributed by atoms with Crippen molar-refractivity contribution in [1.82, 2.24) is 0 Å². The molecule has 98 valence electrons. The van der Waals surface area contributed by atoms with E-state index in [1.54, 1.807) is 22.7 Å². The van der Waals surface area contributed by atoms with Crippen LogP contribution in [-0.4, -0.2) is 5.11 Å². The molecule has 2 aromatic carbocycles. The van der Waals surface area contributed by atoms with Crippen LogP contribution < -0.4 is 0 Å². The van der Waals surface area contributed by atoms with Gasteiger partial charge in [-0.2, -0.15) is 0 Å². The van der Waals surface area contributed by atoms with Gasteiger partial charge in [-0.3, -0.25) is 0 Å². The van der Waals surface area contributed by atoms with Crippen LogP contribution in [0.25, 0.3) is 20.2 Å². The summed E-state index contributed by atoms with van der Waals surface area (Å²) in [5.74, 6) is 0. The first kappa shape index (κ1) is 12.1. The van der Waals surface area contributed by atoms with E-state index in [4.69, 9.17) is 0 Å². The standard InChI is InChI=1S/C17H12OS2/c18-17(16-10-15-14(20-16)7-8-19-15)13-6-5-11-3-1-2-4-12(11)9-13/h1-10,17-18H. The van der Waals surface area contributed by atoms with Crippen molar-refractivity contribution in [2.75, 3.05) is 0 Å². The van der Waals surface area contributed by atoms with Gasteiger partial charge in [0.25, 0.3) is 0 Å². The maximum Gasteiger partial charge on any atom is 0.113 e. The second kappa shape index (κ2) is 4.70. The topological polar surface area (TPSA) is 20.2 Å². The summed E-state index contributed by atoms with van der Waals surface area (Å²) in [4.78, 5) is 1.02. The first-order chi connectivity index (χ1) is 9.81. The minimum atomic E-state index is -0.538. The summed E-state index contributed by atoms with van der Waals surface area (Å²) in [6.45, 7) is 0. The molecule has 0 aliphatic rings. The Kier molecular flexibility index (Phi) is 2.84. The third-order valence-electron chi connectivity index (χ3n) is 3.52. The van der Waals surface area contributed by atoms with Crippen LogP contribution in [0.3, 0.4) is 0 Å². The lowest BCUT2D eigenvalue weighted by atomic mass is 10.0. The number of fused-ring (bicyclic) bond motifs is 2. The van der Waals surface area contributed by atoms with Gasteiger partial charge in [0.1, 0.15) is 6.10 Å². The lowest BCUT2D eigenvalue weighted by Crippen LogP contribution is -1.96. The monoisotopic (exact) mass is 296 g/mol. The van der Waals surface area contributed by atoms with Crippen LogP contribution in [0, 0.1) is 0 Å². The largest absolute Gasteiger partial charge is 0.383 e. The number of aliphatic hydroxyl groups excluding tert-OH is 1. The highest BCUT2D eigenvalue weighted by Gasteiger charge is 2.14. The Bertz CT molecular complexity index is 859. The fourth-order valence-electron chi connectivity index (χ4n) is 2.46. The van der Waals surface area contributed by atoms with Crippen LogP contribution in [0.2, 0.25) is 0 Å². The molecule has 0 spiro atoms. The second-order valence-electron chi connectivity index (χ2n) is 4.81. The Morgan fingerprint density at radius 2 is 1.70 bits per heavy atom. The zero-order valence-electron chi connectivity index (χ0n) is 10.6. The number of rotatable bonds is 2. The molecule has 2 aromatic heterocycles. The van der Waals surface area contributed by atoms with Gasteiger partial charge in [0.15, 0.2) is 0 Å². The molecule has 0 aliphatic heterocycles. The molecule has 0 saturated heterocycles. The highest BCUT2D eigenvalue weighted by atomic mass is 32.1. The van der Waals surface area contributed by atoms with Crippen LogP contribution in [0.4, 0.5) is 0 Å². The van der Waals surface area contributed by atoms with Crippen LogP contribution >= 0.6 is 22.7 Å². The molecule has 1 unspecified atom stereocenters. The molecule has 0 saturated carbocycles. The Hall–Kier alpha value is -1.68. The molecule has 0 bridgehead atoms. The predicted molar refractivity (Wildman–Crippen MR) is 87.7 cm³/mol. The molecule has 1 nitrogen and oxygen atoms in total. The fourth-order valence-corrected chi connectivity index (χ4v) is 4.60. The zero-order chi connectivity index (χ0) is 13.5. The number of benzene rings is 2.